The van der Waals surface area contributed by atoms with Crippen LogP contribution < -0.4 is 5.32 Å². The van der Waals surface area contributed by atoms with Gasteiger partial charge in [0.2, 0.25) is 12.2 Å². The molecule has 27 heavy (non-hydrogen) atoms. The highest BCUT2D eigenvalue weighted by Crippen LogP contribution is 2.28. The van der Waals surface area contributed by atoms with E-state index in [1.165, 1.54) is 6.92 Å². The summed E-state index contributed by atoms with van der Waals surface area (Å²) in [5.74, 6) is -3.34. The topological polar surface area (TPSA) is 144 Å². The molecule has 1 amide bonds. The smallest absolute Gasteiger partial charge is 0.305 e. The predicted octanol–water partition coefficient (Wildman–Crippen LogP) is -0.794. The number of carbonyl (C=O) groups excluding carboxylic acids is 5. The van der Waals surface area contributed by atoms with Gasteiger partial charge >= 0.3 is 23.9 Å². The first-order valence-corrected chi connectivity index (χ1v) is 8.08. The number of carbonyl (C=O) groups is 5. The summed E-state index contributed by atoms with van der Waals surface area (Å²) in [6, 6.07) is -1.16. The first-order valence-electron chi connectivity index (χ1n) is 8.08. The molecule has 0 aliphatic carbocycles. The maximum Gasteiger partial charge on any atom is 0.305 e. The molecule has 0 aromatic rings. The fraction of sp³-hybridized carbons (Fsp3) is 0.688. The number of amides is 1. The Morgan fingerprint density at radius 2 is 1.30 bits per heavy atom. The van der Waals surface area contributed by atoms with Crippen LogP contribution in [0.3, 0.4) is 0 Å². The zero-order valence-electron chi connectivity index (χ0n) is 15.7. The zero-order chi connectivity index (χ0) is 20.7. The summed E-state index contributed by atoms with van der Waals surface area (Å²) in [6.45, 7) is 5.36. The van der Waals surface area contributed by atoms with Crippen LogP contribution >= 0.6 is 0 Å². The van der Waals surface area contributed by atoms with Crippen molar-refractivity contribution in [3.05, 3.63) is 0 Å². The van der Waals surface area contributed by atoms with Gasteiger partial charge in [0.1, 0.15) is 18.8 Å². The number of ether oxygens (including phenoxy) is 5. The molecule has 0 spiro atoms. The van der Waals surface area contributed by atoms with Crippen molar-refractivity contribution >= 4 is 29.8 Å². The van der Waals surface area contributed by atoms with Crippen molar-refractivity contribution in [2.75, 3.05) is 6.61 Å². The molecular weight excluding hydrogens is 366 g/mol. The summed E-state index contributed by atoms with van der Waals surface area (Å²) in [4.78, 5) is 57.2. The largest absolute Gasteiger partial charge is 0.463 e. The van der Waals surface area contributed by atoms with Crippen LogP contribution in [0.5, 0.6) is 0 Å². The molecule has 1 fully saturated rings. The summed E-state index contributed by atoms with van der Waals surface area (Å²) < 4.78 is 25.9. The molecule has 1 aliphatic rings. The quantitative estimate of drug-likeness (QED) is 0.453. The maximum atomic E-state index is 11.6. The Hall–Kier alpha value is -2.69. The Morgan fingerprint density at radius 3 is 1.74 bits per heavy atom. The second kappa shape index (κ2) is 9.86. The molecule has 1 N–H and O–H groups in total. The third-order valence-corrected chi connectivity index (χ3v) is 3.35. The lowest BCUT2D eigenvalue weighted by atomic mass is 9.96. The number of nitrogens with one attached hydrogen (secondary N) is 1. The summed E-state index contributed by atoms with van der Waals surface area (Å²) in [5, 5.41) is 2.46. The van der Waals surface area contributed by atoms with Crippen LogP contribution in [0, 0.1) is 0 Å². The van der Waals surface area contributed by atoms with Crippen LogP contribution in [0.1, 0.15) is 34.6 Å². The standard InChI is InChI=1S/C16H23NO10/c1-7(18)17-13-15(25-10(4)21)14(24-9(3)20)12(6-23-8(2)19)27-16(13)26-11(5)22/h12-16H,6H2,1-5H3,(H,17,18)/t12-,13+,14+,15-,16-/m1/s1. The van der Waals surface area contributed by atoms with Crippen molar-refractivity contribution in [3.63, 3.8) is 0 Å². The summed E-state index contributed by atoms with van der Waals surface area (Å²) in [7, 11) is 0. The minimum Gasteiger partial charge on any atom is -0.463 e. The molecule has 11 heteroatoms. The summed E-state index contributed by atoms with van der Waals surface area (Å²) in [5.41, 5.74) is 0. The van der Waals surface area contributed by atoms with E-state index in [1.54, 1.807) is 0 Å². The SMILES string of the molecule is CC(=O)N[C@@H]1[C@H](OC(C)=O)O[C@H](COC(C)=O)[C@H](OC(C)=O)[C@@H]1OC(C)=O. The minimum absolute atomic E-state index is 0.365. The first kappa shape index (κ1) is 22.4. The van der Waals surface area contributed by atoms with Crippen LogP contribution in [0.4, 0.5) is 0 Å². The van der Waals surface area contributed by atoms with Crippen LogP contribution in [-0.4, -0.2) is 67.0 Å². The lowest BCUT2D eigenvalue weighted by Crippen LogP contribution is -2.66. The highest BCUT2D eigenvalue weighted by atomic mass is 16.7. The van der Waals surface area contributed by atoms with Gasteiger partial charge in [0.25, 0.3) is 0 Å². The molecule has 11 nitrogen and oxygen atoms in total. The summed E-state index contributed by atoms with van der Waals surface area (Å²) in [6.07, 6.45) is -4.97. The highest BCUT2D eigenvalue weighted by Gasteiger charge is 2.52. The highest BCUT2D eigenvalue weighted by molar-refractivity contribution is 5.74. The molecule has 1 saturated heterocycles. The molecule has 1 rings (SSSR count). The Kier molecular flexibility index (Phi) is 8.16. The molecule has 5 atom stereocenters. The Balaban J connectivity index is 3.29. The van der Waals surface area contributed by atoms with Gasteiger partial charge in [-0.25, -0.2) is 0 Å². The molecular formula is C16H23NO10. The average molecular weight is 389 g/mol. The van der Waals surface area contributed by atoms with Crippen LogP contribution in [0.15, 0.2) is 0 Å². The van der Waals surface area contributed by atoms with E-state index in [9.17, 15) is 24.0 Å². The van der Waals surface area contributed by atoms with Gasteiger partial charge < -0.3 is 29.0 Å². The first-order chi connectivity index (χ1) is 12.5. The van der Waals surface area contributed by atoms with E-state index >= 15 is 0 Å². The fourth-order valence-corrected chi connectivity index (χ4v) is 2.55. The third-order valence-electron chi connectivity index (χ3n) is 3.35. The van der Waals surface area contributed by atoms with Crippen molar-refractivity contribution < 1.29 is 47.7 Å². The van der Waals surface area contributed by atoms with Gasteiger partial charge in [-0.2, -0.15) is 0 Å². The fourth-order valence-electron chi connectivity index (χ4n) is 2.55. The van der Waals surface area contributed by atoms with Crippen molar-refractivity contribution in [2.45, 2.75) is 65.3 Å². The van der Waals surface area contributed by atoms with E-state index < -0.39 is 60.4 Å². The molecule has 0 aromatic heterocycles. The van der Waals surface area contributed by atoms with Gasteiger partial charge in [0.05, 0.1) is 0 Å². The van der Waals surface area contributed by atoms with E-state index in [0.717, 1.165) is 27.7 Å². The number of esters is 4. The van der Waals surface area contributed by atoms with E-state index in [-0.39, 0.29) is 6.61 Å². The molecule has 0 bridgehead atoms. The molecule has 0 saturated carbocycles. The molecule has 0 aromatic carbocycles. The third kappa shape index (κ3) is 7.21. The van der Waals surface area contributed by atoms with Crippen LogP contribution in [0.2, 0.25) is 0 Å². The van der Waals surface area contributed by atoms with Crippen molar-refractivity contribution in [2.24, 2.45) is 0 Å². The van der Waals surface area contributed by atoms with Crippen molar-refractivity contribution in [1.82, 2.24) is 5.32 Å². The molecule has 0 unspecified atom stereocenters. The summed E-state index contributed by atoms with van der Waals surface area (Å²) >= 11 is 0. The molecule has 1 heterocycles. The number of rotatable bonds is 6. The minimum atomic E-state index is -1.37. The second-order valence-corrected chi connectivity index (χ2v) is 5.83. The van der Waals surface area contributed by atoms with Gasteiger partial charge in [-0.3, -0.25) is 24.0 Å². The molecule has 0 radical (unpaired) electrons. The van der Waals surface area contributed by atoms with Gasteiger partial charge in [-0.1, -0.05) is 0 Å². The van der Waals surface area contributed by atoms with Gasteiger partial charge in [-0.15, -0.1) is 0 Å². The van der Waals surface area contributed by atoms with E-state index in [1.807, 2.05) is 0 Å². The number of hydrogen-bond donors (Lipinski definition) is 1. The van der Waals surface area contributed by atoms with E-state index in [2.05, 4.69) is 5.32 Å². The van der Waals surface area contributed by atoms with Crippen LogP contribution in [0.25, 0.3) is 0 Å². The van der Waals surface area contributed by atoms with Gasteiger partial charge in [0, 0.05) is 34.6 Å². The maximum absolute atomic E-state index is 11.6. The Morgan fingerprint density at radius 1 is 0.778 bits per heavy atom. The Bertz CT molecular complexity index is 604. The average Bonchev–Trinajstić information content (AvgIpc) is 2.49. The van der Waals surface area contributed by atoms with E-state index in [0.29, 0.717) is 0 Å². The van der Waals surface area contributed by atoms with Crippen molar-refractivity contribution in [3.8, 4) is 0 Å². The lowest BCUT2D eigenvalue weighted by Gasteiger charge is -2.44. The van der Waals surface area contributed by atoms with E-state index in [4.69, 9.17) is 23.7 Å². The predicted molar refractivity (Wildman–Crippen MR) is 85.8 cm³/mol. The number of hydrogen-bond acceptors (Lipinski definition) is 10. The second-order valence-electron chi connectivity index (χ2n) is 5.83. The zero-order valence-corrected chi connectivity index (χ0v) is 15.7. The molecule has 1 aliphatic heterocycles. The van der Waals surface area contributed by atoms with Crippen LogP contribution in [-0.2, 0) is 47.7 Å². The lowest BCUT2D eigenvalue weighted by molar-refractivity contribution is -0.270. The van der Waals surface area contributed by atoms with Gasteiger partial charge in [-0.05, 0) is 0 Å². The normalized spacial score (nSPS) is 27.1. The van der Waals surface area contributed by atoms with Crippen molar-refractivity contribution in [1.29, 1.82) is 0 Å². The monoisotopic (exact) mass is 389 g/mol. The van der Waals surface area contributed by atoms with Gasteiger partial charge in [0.15, 0.2) is 12.2 Å². The molecule has 152 valence electrons. The Labute approximate surface area is 155 Å².